The van der Waals surface area contributed by atoms with E-state index >= 15 is 0 Å². The van der Waals surface area contributed by atoms with Crippen LogP contribution in [-0.2, 0) is 4.79 Å². The van der Waals surface area contributed by atoms with E-state index in [1.807, 2.05) is 30.3 Å². The van der Waals surface area contributed by atoms with Gasteiger partial charge in [0.15, 0.2) is 5.82 Å². The highest BCUT2D eigenvalue weighted by Crippen LogP contribution is 2.21. The largest absolute Gasteiger partial charge is 0.412 e. The second-order valence-electron chi connectivity index (χ2n) is 2.56. The van der Waals surface area contributed by atoms with E-state index in [1.165, 1.54) is 6.08 Å². The van der Waals surface area contributed by atoms with E-state index in [9.17, 15) is 4.79 Å². The molecule has 0 amide bonds. The third-order valence-electron chi connectivity index (χ3n) is 1.80. The molecular formula is C10H8N2O2. The van der Waals surface area contributed by atoms with E-state index in [0.29, 0.717) is 5.82 Å². The number of hydrogen-bond donors (Lipinski definition) is 0. The number of isocyanates is 1. The SMILES string of the molecule is O.O=C=Nc1nccc2ccccc12. The summed E-state index contributed by atoms with van der Waals surface area (Å²) in [6, 6.07) is 9.50. The molecule has 2 rings (SSSR count). The van der Waals surface area contributed by atoms with Crippen LogP contribution >= 0.6 is 0 Å². The smallest absolute Gasteiger partial charge is 0.242 e. The first kappa shape index (κ1) is 10.1. The van der Waals surface area contributed by atoms with Crippen molar-refractivity contribution in [2.24, 2.45) is 4.99 Å². The fourth-order valence-electron chi connectivity index (χ4n) is 1.24. The van der Waals surface area contributed by atoms with Crippen LogP contribution in [0.3, 0.4) is 0 Å². The van der Waals surface area contributed by atoms with Gasteiger partial charge in [-0.1, -0.05) is 24.3 Å². The van der Waals surface area contributed by atoms with Crippen LogP contribution in [0.5, 0.6) is 0 Å². The predicted octanol–water partition coefficient (Wildman–Crippen LogP) is 1.38. The van der Waals surface area contributed by atoms with Gasteiger partial charge in [-0.3, -0.25) is 0 Å². The lowest BCUT2D eigenvalue weighted by molar-refractivity contribution is 0.565. The second kappa shape index (κ2) is 4.28. The second-order valence-corrected chi connectivity index (χ2v) is 2.56. The van der Waals surface area contributed by atoms with Crippen molar-refractivity contribution in [1.29, 1.82) is 0 Å². The molecule has 2 aromatic rings. The van der Waals surface area contributed by atoms with Crippen LogP contribution in [0.4, 0.5) is 5.82 Å². The Morgan fingerprint density at radius 1 is 1.21 bits per heavy atom. The Balaban J connectivity index is 0.000000980. The molecule has 0 atom stereocenters. The van der Waals surface area contributed by atoms with Gasteiger partial charge in [0.2, 0.25) is 6.08 Å². The van der Waals surface area contributed by atoms with Crippen molar-refractivity contribution in [2.75, 3.05) is 0 Å². The number of fused-ring (bicyclic) bond motifs is 1. The summed E-state index contributed by atoms with van der Waals surface area (Å²) in [7, 11) is 0. The zero-order chi connectivity index (χ0) is 9.10. The van der Waals surface area contributed by atoms with Gasteiger partial charge in [-0.25, -0.2) is 9.78 Å². The topological polar surface area (TPSA) is 73.8 Å². The third kappa shape index (κ3) is 1.66. The van der Waals surface area contributed by atoms with Crippen molar-refractivity contribution >= 4 is 22.7 Å². The maximum atomic E-state index is 10.1. The predicted molar refractivity (Wildman–Crippen MR) is 53.1 cm³/mol. The molecule has 2 N–H and O–H groups in total. The molecule has 1 heterocycles. The maximum Gasteiger partial charge on any atom is 0.242 e. The molecule has 0 fully saturated rings. The maximum absolute atomic E-state index is 10.1. The Morgan fingerprint density at radius 3 is 2.79 bits per heavy atom. The van der Waals surface area contributed by atoms with E-state index in [2.05, 4.69) is 9.98 Å². The summed E-state index contributed by atoms with van der Waals surface area (Å²) in [4.78, 5) is 17.6. The minimum atomic E-state index is 0. The molecule has 0 aliphatic heterocycles. The van der Waals surface area contributed by atoms with Crippen LogP contribution in [-0.4, -0.2) is 16.5 Å². The summed E-state index contributed by atoms with van der Waals surface area (Å²) in [6.45, 7) is 0. The first-order chi connectivity index (χ1) is 6.42. The highest BCUT2D eigenvalue weighted by molar-refractivity contribution is 5.90. The van der Waals surface area contributed by atoms with Crippen molar-refractivity contribution in [2.45, 2.75) is 0 Å². The molecule has 0 radical (unpaired) electrons. The molecule has 0 saturated heterocycles. The number of aliphatic imine (C=N–C) groups is 1. The van der Waals surface area contributed by atoms with E-state index in [0.717, 1.165) is 10.8 Å². The molecule has 0 spiro atoms. The number of nitrogens with zero attached hydrogens (tertiary/aromatic N) is 2. The zero-order valence-corrected chi connectivity index (χ0v) is 7.27. The number of carbonyl (C=O) groups excluding carboxylic acids is 1. The molecular weight excluding hydrogens is 180 g/mol. The molecule has 0 aliphatic carbocycles. The van der Waals surface area contributed by atoms with Crippen LogP contribution in [0.2, 0.25) is 0 Å². The fourth-order valence-corrected chi connectivity index (χ4v) is 1.24. The number of pyridine rings is 1. The Kier molecular flexibility index (Phi) is 3.07. The van der Waals surface area contributed by atoms with Gasteiger partial charge in [0.25, 0.3) is 0 Å². The molecule has 1 aromatic heterocycles. The molecule has 4 heteroatoms. The fraction of sp³-hybridized carbons (Fsp3) is 0. The van der Waals surface area contributed by atoms with Gasteiger partial charge in [-0.05, 0) is 11.5 Å². The number of rotatable bonds is 1. The number of aromatic nitrogens is 1. The van der Waals surface area contributed by atoms with E-state index in [-0.39, 0.29) is 5.48 Å². The van der Waals surface area contributed by atoms with Gasteiger partial charge in [-0.2, -0.15) is 0 Å². The van der Waals surface area contributed by atoms with Crippen molar-refractivity contribution in [3.63, 3.8) is 0 Å². The van der Waals surface area contributed by atoms with Gasteiger partial charge in [-0.15, -0.1) is 4.99 Å². The van der Waals surface area contributed by atoms with Crippen LogP contribution in [0, 0.1) is 0 Å². The summed E-state index contributed by atoms with van der Waals surface area (Å²) in [6.07, 6.45) is 3.11. The molecule has 0 bridgehead atoms. The average molecular weight is 188 g/mol. The van der Waals surface area contributed by atoms with E-state index in [4.69, 9.17) is 0 Å². The Labute approximate surface area is 80.2 Å². The number of benzene rings is 1. The minimum Gasteiger partial charge on any atom is -0.412 e. The first-order valence-corrected chi connectivity index (χ1v) is 3.83. The highest BCUT2D eigenvalue weighted by Gasteiger charge is 1.98. The first-order valence-electron chi connectivity index (χ1n) is 3.83. The van der Waals surface area contributed by atoms with Crippen molar-refractivity contribution < 1.29 is 10.3 Å². The van der Waals surface area contributed by atoms with Gasteiger partial charge in [0.1, 0.15) is 0 Å². The normalized spacial score (nSPS) is 8.86. The molecule has 0 unspecified atom stereocenters. The standard InChI is InChI=1S/C10H6N2O.H2O/c13-7-12-10-9-4-2-1-3-8(9)5-6-11-10;/h1-6H;1H2. The Hall–Kier alpha value is -2.03. The van der Waals surface area contributed by atoms with E-state index < -0.39 is 0 Å². The van der Waals surface area contributed by atoms with Gasteiger partial charge in [0, 0.05) is 11.6 Å². The van der Waals surface area contributed by atoms with Gasteiger partial charge < -0.3 is 5.48 Å². The molecule has 70 valence electrons. The van der Waals surface area contributed by atoms with Crippen LogP contribution in [0.15, 0.2) is 41.5 Å². The Morgan fingerprint density at radius 2 is 2.00 bits per heavy atom. The molecule has 0 aliphatic rings. The number of hydrogen-bond acceptors (Lipinski definition) is 3. The lowest BCUT2D eigenvalue weighted by atomic mass is 10.2. The van der Waals surface area contributed by atoms with Crippen LogP contribution in [0.25, 0.3) is 10.8 Å². The quantitative estimate of drug-likeness (QED) is 0.500. The lowest BCUT2D eigenvalue weighted by Gasteiger charge is -1.97. The summed E-state index contributed by atoms with van der Waals surface area (Å²) in [5.41, 5.74) is 0. The van der Waals surface area contributed by atoms with Gasteiger partial charge in [0.05, 0.1) is 0 Å². The lowest BCUT2D eigenvalue weighted by Crippen LogP contribution is -1.76. The minimum absolute atomic E-state index is 0. The molecule has 4 nitrogen and oxygen atoms in total. The summed E-state index contributed by atoms with van der Waals surface area (Å²) >= 11 is 0. The molecule has 0 saturated carbocycles. The average Bonchev–Trinajstić information content (AvgIpc) is 2.19. The van der Waals surface area contributed by atoms with Crippen molar-refractivity contribution in [3.8, 4) is 0 Å². The summed E-state index contributed by atoms with van der Waals surface area (Å²) in [5.74, 6) is 0.424. The molecule has 14 heavy (non-hydrogen) atoms. The summed E-state index contributed by atoms with van der Waals surface area (Å²) < 4.78 is 0. The van der Waals surface area contributed by atoms with Gasteiger partial charge >= 0.3 is 0 Å². The monoisotopic (exact) mass is 188 g/mol. The highest BCUT2D eigenvalue weighted by atomic mass is 16.1. The third-order valence-corrected chi connectivity index (χ3v) is 1.80. The van der Waals surface area contributed by atoms with Crippen molar-refractivity contribution in [3.05, 3.63) is 36.5 Å². The zero-order valence-electron chi connectivity index (χ0n) is 7.27. The molecule has 1 aromatic carbocycles. The van der Waals surface area contributed by atoms with Crippen molar-refractivity contribution in [1.82, 2.24) is 4.98 Å². The Bertz CT molecular complexity index is 485. The van der Waals surface area contributed by atoms with E-state index in [1.54, 1.807) is 6.20 Å². The summed E-state index contributed by atoms with van der Waals surface area (Å²) in [5, 5.41) is 1.89. The van der Waals surface area contributed by atoms with Crippen LogP contribution < -0.4 is 0 Å². The van der Waals surface area contributed by atoms with Crippen LogP contribution in [0.1, 0.15) is 0 Å².